The quantitative estimate of drug-likeness (QED) is 0.696. The van der Waals surface area contributed by atoms with Gasteiger partial charge in [0.2, 0.25) is 5.95 Å². The van der Waals surface area contributed by atoms with E-state index in [1.807, 2.05) is 31.2 Å². The first-order valence-electron chi connectivity index (χ1n) is 7.86. The van der Waals surface area contributed by atoms with Crippen molar-refractivity contribution in [1.82, 2.24) is 9.97 Å². The number of nitrogens with one attached hydrogen (secondary N) is 2. The molecule has 0 atom stereocenters. The molecule has 0 saturated heterocycles. The van der Waals surface area contributed by atoms with E-state index < -0.39 is 0 Å². The number of aromatic nitrogens is 2. The fraction of sp³-hybridized carbons (Fsp3) is 0.105. The number of aryl methyl sites for hydroxylation is 1. The Morgan fingerprint density at radius 3 is 2.31 bits per heavy atom. The number of benzene rings is 2. The van der Waals surface area contributed by atoms with E-state index in [-0.39, 0.29) is 5.91 Å². The van der Waals surface area contributed by atoms with Gasteiger partial charge in [-0.15, -0.1) is 0 Å². The second-order valence-corrected chi connectivity index (χ2v) is 6.00. The van der Waals surface area contributed by atoms with Gasteiger partial charge in [-0.1, -0.05) is 29.3 Å². The van der Waals surface area contributed by atoms with Gasteiger partial charge in [-0.25, -0.2) is 9.97 Å². The largest absolute Gasteiger partial charge is 0.495 e. The van der Waals surface area contributed by atoms with E-state index in [9.17, 15) is 4.79 Å². The average Bonchev–Trinajstić information content (AvgIpc) is 2.64. The van der Waals surface area contributed by atoms with Crippen molar-refractivity contribution in [2.45, 2.75) is 6.92 Å². The smallest absolute Gasteiger partial charge is 0.258 e. The Hall–Kier alpha value is -3.12. The molecular formula is C19H17ClN4O2. The molecule has 0 saturated carbocycles. The Morgan fingerprint density at radius 2 is 1.69 bits per heavy atom. The number of anilines is 3. The van der Waals surface area contributed by atoms with Crippen LogP contribution in [0.3, 0.4) is 0 Å². The van der Waals surface area contributed by atoms with Gasteiger partial charge in [0.15, 0.2) is 0 Å². The number of carbonyl (C=O) groups excluding carboxylic acids is 1. The monoisotopic (exact) mass is 368 g/mol. The molecule has 0 aliphatic carbocycles. The molecule has 6 nitrogen and oxygen atoms in total. The minimum Gasteiger partial charge on any atom is -0.495 e. The van der Waals surface area contributed by atoms with Crippen molar-refractivity contribution in [3.05, 3.63) is 71.0 Å². The van der Waals surface area contributed by atoms with Gasteiger partial charge in [0.25, 0.3) is 5.91 Å². The zero-order valence-corrected chi connectivity index (χ0v) is 15.0. The number of halogens is 1. The fourth-order valence-corrected chi connectivity index (χ4v) is 2.48. The Labute approximate surface area is 156 Å². The number of carbonyl (C=O) groups is 1. The van der Waals surface area contributed by atoms with E-state index >= 15 is 0 Å². The molecule has 2 N–H and O–H groups in total. The van der Waals surface area contributed by atoms with Gasteiger partial charge in [-0.3, -0.25) is 4.79 Å². The zero-order chi connectivity index (χ0) is 18.5. The summed E-state index contributed by atoms with van der Waals surface area (Å²) in [5, 5.41) is 6.24. The number of amides is 1. The normalized spacial score (nSPS) is 10.3. The lowest BCUT2D eigenvalue weighted by atomic mass is 10.2. The van der Waals surface area contributed by atoms with Crippen LogP contribution in [0, 0.1) is 6.92 Å². The molecule has 0 spiro atoms. The Balaban J connectivity index is 1.66. The lowest BCUT2D eigenvalue weighted by molar-refractivity contribution is 0.102. The van der Waals surface area contributed by atoms with Gasteiger partial charge in [-0.2, -0.15) is 0 Å². The molecule has 7 heteroatoms. The molecular weight excluding hydrogens is 352 g/mol. The first-order valence-corrected chi connectivity index (χ1v) is 8.23. The van der Waals surface area contributed by atoms with E-state index in [1.165, 1.54) is 25.1 Å². The summed E-state index contributed by atoms with van der Waals surface area (Å²) in [7, 11) is 1.53. The number of hydrogen-bond donors (Lipinski definition) is 2. The third-order valence-electron chi connectivity index (χ3n) is 3.63. The summed E-state index contributed by atoms with van der Waals surface area (Å²) in [6.07, 6.45) is 2.92. The van der Waals surface area contributed by atoms with Crippen molar-refractivity contribution in [1.29, 1.82) is 0 Å². The number of hydrogen-bond acceptors (Lipinski definition) is 5. The van der Waals surface area contributed by atoms with Crippen LogP contribution in [-0.4, -0.2) is 23.0 Å². The molecule has 0 aliphatic rings. The maximum atomic E-state index is 12.3. The Kier molecular flexibility index (Phi) is 5.34. The van der Waals surface area contributed by atoms with E-state index in [0.29, 0.717) is 28.0 Å². The third kappa shape index (κ3) is 4.29. The van der Waals surface area contributed by atoms with Crippen LogP contribution >= 0.6 is 11.6 Å². The first-order chi connectivity index (χ1) is 12.5. The lowest BCUT2D eigenvalue weighted by Crippen LogP contribution is -2.13. The standard InChI is InChI=1S/C19H17ClN4O2/c1-12-3-5-14(6-4-12)24-19-21-10-13(11-22-19)18(25)23-15-7-8-17(26-2)16(20)9-15/h3-11H,1-2H3,(H,23,25)(H,21,22,24). The summed E-state index contributed by atoms with van der Waals surface area (Å²) in [6.45, 7) is 2.02. The zero-order valence-electron chi connectivity index (χ0n) is 14.3. The summed E-state index contributed by atoms with van der Waals surface area (Å²) in [5.41, 5.74) is 2.94. The van der Waals surface area contributed by atoms with Crippen LogP contribution in [0.25, 0.3) is 0 Å². The average molecular weight is 369 g/mol. The molecule has 0 radical (unpaired) electrons. The fourth-order valence-electron chi connectivity index (χ4n) is 2.22. The van der Waals surface area contributed by atoms with Gasteiger partial charge in [0, 0.05) is 23.8 Å². The number of rotatable bonds is 5. The molecule has 0 bridgehead atoms. The number of ether oxygens (including phenoxy) is 1. The maximum Gasteiger partial charge on any atom is 0.258 e. The number of methoxy groups -OCH3 is 1. The van der Waals surface area contributed by atoms with Gasteiger partial charge in [0.1, 0.15) is 5.75 Å². The molecule has 132 valence electrons. The van der Waals surface area contributed by atoms with Crippen molar-refractivity contribution < 1.29 is 9.53 Å². The molecule has 0 aliphatic heterocycles. The third-order valence-corrected chi connectivity index (χ3v) is 3.93. The summed E-state index contributed by atoms with van der Waals surface area (Å²) < 4.78 is 5.09. The Morgan fingerprint density at radius 1 is 1.04 bits per heavy atom. The highest BCUT2D eigenvalue weighted by Crippen LogP contribution is 2.27. The molecule has 3 rings (SSSR count). The van der Waals surface area contributed by atoms with Crippen molar-refractivity contribution in [2.75, 3.05) is 17.7 Å². The minimum absolute atomic E-state index is 0.326. The van der Waals surface area contributed by atoms with Crippen molar-refractivity contribution >= 4 is 34.8 Å². The summed E-state index contributed by atoms with van der Waals surface area (Å²) >= 11 is 6.06. The van der Waals surface area contributed by atoms with Crippen molar-refractivity contribution in [3.8, 4) is 5.75 Å². The van der Waals surface area contributed by atoms with E-state index in [4.69, 9.17) is 16.3 Å². The van der Waals surface area contributed by atoms with E-state index in [1.54, 1.807) is 18.2 Å². The van der Waals surface area contributed by atoms with Crippen LogP contribution in [0.15, 0.2) is 54.9 Å². The SMILES string of the molecule is COc1ccc(NC(=O)c2cnc(Nc3ccc(C)cc3)nc2)cc1Cl. The van der Waals surface area contributed by atoms with Crippen LogP contribution < -0.4 is 15.4 Å². The van der Waals surface area contributed by atoms with Crippen LogP contribution in [0.2, 0.25) is 5.02 Å². The lowest BCUT2D eigenvalue weighted by Gasteiger charge is -2.08. The van der Waals surface area contributed by atoms with Crippen LogP contribution in [0.5, 0.6) is 5.75 Å². The second-order valence-electron chi connectivity index (χ2n) is 5.59. The van der Waals surface area contributed by atoms with E-state index in [2.05, 4.69) is 20.6 Å². The molecule has 1 aromatic heterocycles. The van der Waals surface area contributed by atoms with Gasteiger partial charge >= 0.3 is 0 Å². The van der Waals surface area contributed by atoms with Crippen molar-refractivity contribution in [3.63, 3.8) is 0 Å². The first kappa shape index (κ1) is 17.7. The highest BCUT2D eigenvalue weighted by atomic mass is 35.5. The summed E-state index contributed by atoms with van der Waals surface area (Å²) in [6, 6.07) is 12.9. The highest BCUT2D eigenvalue weighted by Gasteiger charge is 2.09. The van der Waals surface area contributed by atoms with Gasteiger partial charge in [-0.05, 0) is 37.3 Å². The van der Waals surface area contributed by atoms with Crippen LogP contribution in [-0.2, 0) is 0 Å². The molecule has 3 aromatic rings. The molecule has 2 aromatic carbocycles. The number of nitrogens with zero attached hydrogens (tertiary/aromatic N) is 2. The molecule has 0 fully saturated rings. The predicted octanol–water partition coefficient (Wildman–Crippen LogP) is 4.44. The van der Waals surface area contributed by atoms with Crippen molar-refractivity contribution in [2.24, 2.45) is 0 Å². The van der Waals surface area contributed by atoms with Crippen LogP contribution in [0.1, 0.15) is 15.9 Å². The summed E-state index contributed by atoms with van der Waals surface area (Å²) in [5.74, 6) is 0.630. The van der Waals surface area contributed by atoms with Gasteiger partial charge in [0.05, 0.1) is 17.7 Å². The summed E-state index contributed by atoms with van der Waals surface area (Å²) in [4.78, 5) is 20.7. The maximum absolute atomic E-state index is 12.3. The second kappa shape index (κ2) is 7.84. The molecule has 26 heavy (non-hydrogen) atoms. The molecule has 1 amide bonds. The van der Waals surface area contributed by atoms with E-state index in [0.717, 1.165) is 5.69 Å². The molecule has 1 heterocycles. The minimum atomic E-state index is -0.326. The van der Waals surface area contributed by atoms with Gasteiger partial charge < -0.3 is 15.4 Å². The highest BCUT2D eigenvalue weighted by molar-refractivity contribution is 6.32. The topological polar surface area (TPSA) is 76.1 Å². The van der Waals surface area contributed by atoms with Crippen LogP contribution in [0.4, 0.5) is 17.3 Å². The predicted molar refractivity (Wildman–Crippen MR) is 102 cm³/mol. The Bertz CT molecular complexity index is 912. The molecule has 0 unspecified atom stereocenters.